The van der Waals surface area contributed by atoms with Gasteiger partial charge in [0.1, 0.15) is 0 Å². The summed E-state index contributed by atoms with van der Waals surface area (Å²) in [5, 5.41) is 4.54. The lowest BCUT2D eigenvalue weighted by atomic mass is 9.78. The third-order valence-corrected chi connectivity index (χ3v) is 4.50. The monoisotopic (exact) mass is 270 g/mol. The van der Waals surface area contributed by atoms with Crippen LogP contribution in [0.25, 0.3) is 0 Å². The summed E-state index contributed by atoms with van der Waals surface area (Å²) in [4.78, 5) is 0. The first-order chi connectivity index (χ1) is 8.60. The predicted molar refractivity (Wildman–Crippen MR) is 79.3 cm³/mol. The zero-order chi connectivity index (χ0) is 13.6. The van der Waals surface area contributed by atoms with E-state index < -0.39 is 0 Å². The van der Waals surface area contributed by atoms with Gasteiger partial charge in [0, 0.05) is 18.1 Å². The number of aromatic nitrogens is 2. The van der Waals surface area contributed by atoms with Crippen molar-refractivity contribution in [1.29, 1.82) is 0 Å². The zero-order valence-corrected chi connectivity index (χ0v) is 13.1. The van der Waals surface area contributed by atoms with Crippen molar-refractivity contribution < 1.29 is 0 Å². The van der Waals surface area contributed by atoms with Crippen LogP contribution in [0.4, 0.5) is 0 Å². The summed E-state index contributed by atoms with van der Waals surface area (Å²) < 4.78 is 2.12. The van der Waals surface area contributed by atoms with Crippen LogP contribution >= 0.6 is 11.6 Å². The summed E-state index contributed by atoms with van der Waals surface area (Å²) in [6, 6.07) is 2.21. The molecule has 3 heteroatoms. The van der Waals surface area contributed by atoms with Crippen molar-refractivity contribution in [2.24, 2.45) is 5.41 Å². The Morgan fingerprint density at radius 3 is 2.56 bits per heavy atom. The number of nitrogens with zero attached hydrogens (tertiary/aromatic N) is 2. The average molecular weight is 271 g/mol. The Hall–Kier alpha value is -0.500. The first-order valence-corrected chi connectivity index (χ1v) is 7.73. The van der Waals surface area contributed by atoms with Gasteiger partial charge >= 0.3 is 0 Å². The van der Waals surface area contributed by atoms with Crippen LogP contribution in [0.5, 0.6) is 0 Å². The average Bonchev–Trinajstić information content (AvgIpc) is 2.74. The van der Waals surface area contributed by atoms with E-state index in [0.29, 0.717) is 0 Å². The van der Waals surface area contributed by atoms with Crippen molar-refractivity contribution in [3.63, 3.8) is 0 Å². The van der Waals surface area contributed by atoms with E-state index in [2.05, 4.69) is 43.5 Å². The van der Waals surface area contributed by atoms with Gasteiger partial charge in [-0.05, 0) is 44.6 Å². The summed E-state index contributed by atoms with van der Waals surface area (Å²) >= 11 is 6.28. The highest BCUT2D eigenvalue weighted by Crippen LogP contribution is 2.34. The van der Waals surface area contributed by atoms with E-state index in [1.165, 1.54) is 25.0 Å². The molecule has 0 spiro atoms. The fraction of sp³-hybridized carbons (Fsp3) is 0.800. The molecule has 1 aromatic heterocycles. The van der Waals surface area contributed by atoms with Crippen molar-refractivity contribution in [2.45, 2.75) is 66.3 Å². The molecule has 1 atom stereocenters. The molecule has 0 aliphatic carbocycles. The van der Waals surface area contributed by atoms with Gasteiger partial charge in [0.05, 0.1) is 5.69 Å². The van der Waals surface area contributed by atoms with Gasteiger partial charge in [0.15, 0.2) is 0 Å². The number of hydrogen-bond donors (Lipinski definition) is 0. The normalized spacial score (nSPS) is 14.7. The summed E-state index contributed by atoms with van der Waals surface area (Å²) in [5.74, 6) is 0.747. The molecule has 0 N–H and O–H groups in total. The van der Waals surface area contributed by atoms with Gasteiger partial charge in [-0.1, -0.05) is 26.7 Å². The van der Waals surface area contributed by atoms with Gasteiger partial charge in [-0.2, -0.15) is 5.10 Å². The van der Waals surface area contributed by atoms with Crippen LogP contribution in [0.1, 0.15) is 57.8 Å². The second kappa shape index (κ2) is 7.18. The minimum atomic E-state index is 0.247. The third-order valence-electron chi connectivity index (χ3n) is 3.94. The molecule has 2 nitrogen and oxygen atoms in total. The summed E-state index contributed by atoms with van der Waals surface area (Å²) in [7, 11) is 0. The SMILES string of the molecule is CCCCC(CC)(CCl)Cc1cc(C)nn1CC. The summed E-state index contributed by atoms with van der Waals surface area (Å²) in [6.45, 7) is 9.66. The molecule has 1 heterocycles. The fourth-order valence-electron chi connectivity index (χ4n) is 2.55. The van der Waals surface area contributed by atoms with E-state index >= 15 is 0 Å². The Balaban J connectivity index is 2.87. The maximum atomic E-state index is 6.28. The van der Waals surface area contributed by atoms with Crippen LogP contribution in [0.3, 0.4) is 0 Å². The molecule has 1 unspecified atom stereocenters. The second-order valence-corrected chi connectivity index (χ2v) is 5.63. The van der Waals surface area contributed by atoms with Gasteiger partial charge < -0.3 is 0 Å². The minimum absolute atomic E-state index is 0.247. The first-order valence-electron chi connectivity index (χ1n) is 7.20. The Morgan fingerprint density at radius 2 is 2.06 bits per heavy atom. The molecule has 1 aromatic rings. The maximum Gasteiger partial charge on any atom is 0.0596 e. The molecule has 0 saturated carbocycles. The molecular formula is C15H27ClN2. The van der Waals surface area contributed by atoms with Crippen molar-refractivity contribution in [1.82, 2.24) is 9.78 Å². The smallest absolute Gasteiger partial charge is 0.0596 e. The maximum absolute atomic E-state index is 6.28. The highest BCUT2D eigenvalue weighted by atomic mass is 35.5. The number of rotatable bonds is 8. The molecular weight excluding hydrogens is 244 g/mol. The largest absolute Gasteiger partial charge is 0.270 e. The van der Waals surface area contributed by atoms with E-state index in [1.54, 1.807) is 0 Å². The molecule has 0 fully saturated rings. The number of alkyl halides is 1. The molecule has 104 valence electrons. The van der Waals surface area contributed by atoms with E-state index in [0.717, 1.165) is 31.0 Å². The first kappa shape index (κ1) is 15.6. The lowest BCUT2D eigenvalue weighted by Gasteiger charge is -2.31. The van der Waals surface area contributed by atoms with E-state index in [9.17, 15) is 0 Å². The van der Waals surface area contributed by atoms with Crippen LogP contribution in [0, 0.1) is 12.3 Å². The van der Waals surface area contributed by atoms with E-state index in [-0.39, 0.29) is 5.41 Å². The lowest BCUT2D eigenvalue weighted by molar-refractivity contribution is 0.271. The zero-order valence-electron chi connectivity index (χ0n) is 12.3. The van der Waals surface area contributed by atoms with Crippen molar-refractivity contribution >= 4 is 11.6 Å². The molecule has 0 aromatic carbocycles. The van der Waals surface area contributed by atoms with E-state index in [1.807, 2.05) is 0 Å². The number of unbranched alkanes of at least 4 members (excludes halogenated alkanes) is 1. The molecule has 0 amide bonds. The van der Waals surface area contributed by atoms with Crippen LogP contribution < -0.4 is 0 Å². The molecule has 1 rings (SSSR count). The number of halogens is 1. The minimum Gasteiger partial charge on any atom is -0.270 e. The highest BCUT2D eigenvalue weighted by Gasteiger charge is 2.28. The lowest BCUT2D eigenvalue weighted by Crippen LogP contribution is -2.26. The highest BCUT2D eigenvalue weighted by molar-refractivity contribution is 6.18. The van der Waals surface area contributed by atoms with Crippen LogP contribution in [-0.4, -0.2) is 15.7 Å². The Morgan fingerprint density at radius 1 is 1.33 bits per heavy atom. The topological polar surface area (TPSA) is 17.8 Å². The van der Waals surface area contributed by atoms with Gasteiger partial charge in [-0.25, -0.2) is 0 Å². The van der Waals surface area contributed by atoms with Crippen molar-refractivity contribution in [3.05, 3.63) is 17.5 Å². The summed E-state index contributed by atoms with van der Waals surface area (Å²) in [5.41, 5.74) is 2.70. The van der Waals surface area contributed by atoms with Gasteiger partial charge in [0.25, 0.3) is 0 Å². The number of hydrogen-bond acceptors (Lipinski definition) is 1. The molecule has 0 saturated heterocycles. The van der Waals surface area contributed by atoms with E-state index in [4.69, 9.17) is 11.6 Å². The van der Waals surface area contributed by atoms with Crippen LogP contribution in [0.2, 0.25) is 0 Å². The Labute approximate surface area is 117 Å². The van der Waals surface area contributed by atoms with Crippen molar-refractivity contribution in [3.8, 4) is 0 Å². The molecule has 0 radical (unpaired) electrons. The quantitative estimate of drug-likeness (QED) is 0.632. The molecule has 0 aliphatic heterocycles. The van der Waals surface area contributed by atoms with Gasteiger partial charge in [-0.3, -0.25) is 4.68 Å². The second-order valence-electron chi connectivity index (χ2n) is 5.36. The molecule has 18 heavy (non-hydrogen) atoms. The molecule has 0 aliphatic rings. The van der Waals surface area contributed by atoms with Crippen molar-refractivity contribution in [2.75, 3.05) is 5.88 Å². The van der Waals surface area contributed by atoms with Gasteiger partial charge in [0.2, 0.25) is 0 Å². The fourth-order valence-corrected chi connectivity index (χ4v) is 2.97. The summed E-state index contributed by atoms with van der Waals surface area (Å²) in [6.07, 6.45) is 5.92. The Kier molecular flexibility index (Phi) is 6.20. The van der Waals surface area contributed by atoms with Crippen LogP contribution in [-0.2, 0) is 13.0 Å². The third kappa shape index (κ3) is 3.74. The predicted octanol–water partition coefficient (Wildman–Crippen LogP) is 4.58. The number of aryl methyl sites for hydroxylation is 2. The van der Waals surface area contributed by atoms with Gasteiger partial charge in [-0.15, -0.1) is 11.6 Å². The standard InChI is InChI=1S/C15H27ClN2/c1-5-8-9-15(6-2,12-16)11-14-10-13(4)17-18(14)7-3/h10H,5-9,11-12H2,1-4H3. The Bertz CT molecular complexity index is 353. The molecule has 0 bridgehead atoms. The van der Waals surface area contributed by atoms with Crippen LogP contribution in [0.15, 0.2) is 6.07 Å².